The Hall–Kier alpha value is -2.32. The van der Waals surface area contributed by atoms with Crippen molar-refractivity contribution in [2.45, 2.75) is 17.9 Å². The number of aryl methyl sites for hydroxylation is 1. The second kappa shape index (κ2) is 6.89. The van der Waals surface area contributed by atoms with E-state index < -0.39 is 0 Å². The Balaban J connectivity index is 1.41. The zero-order valence-corrected chi connectivity index (χ0v) is 14.5. The second-order valence-corrected chi connectivity index (χ2v) is 6.70. The van der Waals surface area contributed by atoms with Crippen LogP contribution in [-0.2, 0) is 10.5 Å². The van der Waals surface area contributed by atoms with Crippen molar-refractivity contribution in [1.82, 2.24) is 14.9 Å². The van der Waals surface area contributed by atoms with Crippen LogP contribution in [0.5, 0.6) is 0 Å². The molecule has 0 radical (unpaired) electrons. The van der Waals surface area contributed by atoms with Gasteiger partial charge in [0.05, 0.1) is 19.0 Å². The summed E-state index contributed by atoms with van der Waals surface area (Å²) < 4.78 is 16.4. The molecule has 3 heterocycles. The van der Waals surface area contributed by atoms with Gasteiger partial charge in [0.25, 0.3) is 11.1 Å². The van der Waals surface area contributed by atoms with E-state index in [1.54, 1.807) is 4.90 Å². The minimum atomic E-state index is -0.124. The number of aromatic nitrogens is 2. The molecular formula is C17H17N3O4S. The minimum absolute atomic E-state index is 0.124. The number of amides is 1. The fourth-order valence-corrected chi connectivity index (χ4v) is 3.30. The summed E-state index contributed by atoms with van der Waals surface area (Å²) in [6, 6.07) is 5.87. The number of benzene rings is 1. The summed E-state index contributed by atoms with van der Waals surface area (Å²) in [4.78, 5) is 22.8. The number of carbonyl (C=O) groups is 1. The second-order valence-electron chi connectivity index (χ2n) is 5.77. The van der Waals surface area contributed by atoms with E-state index in [1.807, 2.05) is 25.1 Å². The Labute approximate surface area is 148 Å². The summed E-state index contributed by atoms with van der Waals surface area (Å²) in [6.07, 6.45) is 1.41. The minimum Gasteiger partial charge on any atom is -0.447 e. The molecule has 7 nitrogen and oxygen atoms in total. The Morgan fingerprint density at radius 1 is 1.28 bits per heavy atom. The molecule has 2 aromatic heterocycles. The summed E-state index contributed by atoms with van der Waals surface area (Å²) in [5, 5.41) is 0.555. The number of carbonyl (C=O) groups excluding carboxylic acids is 1. The molecule has 0 N–H and O–H groups in total. The maximum absolute atomic E-state index is 12.3. The predicted octanol–water partition coefficient (Wildman–Crippen LogP) is 2.89. The number of thioether (sulfide) groups is 1. The SMILES string of the molecule is Cc1ccc2oc(SCc3nc(C(=O)N4CCOCC4)co3)nc2c1. The highest BCUT2D eigenvalue weighted by Gasteiger charge is 2.22. The highest BCUT2D eigenvalue weighted by molar-refractivity contribution is 7.98. The van der Waals surface area contributed by atoms with Crippen LogP contribution in [-0.4, -0.2) is 47.1 Å². The van der Waals surface area contributed by atoms with Crippen LogP contribution in [0.3, 0.4) is 0 Å². The summed E-state index contributed by atoms with van der Waals surface area (Å²) in [5.74, 6) is 0.794. The number of rotatable bonds is 4. The molecule has 1 aliphatic heterocycles. The van der Waals surface area contributed by atoms with Crippen molar-refractivity contribution in [3.63, 3.8) is 0 Å². The molecule has 1 aliphatic rings. The lowest BCUT2D eigenvalue weighted by Gasteiger charge is -2.25. The van der Waals surface area contributed by atoms with E-state index in [0.717, 1.165) is 16.7 Å². The third-order valence-corrected chi connectivity index (χ3v) is 4.72. The van der Waals surface area contributed by atoms with E-state index in [1.165, 1.54) is 18.0 Å². The molecule has 0 unspecified atom stereocenters. The van der Waals surface area contributed by atoms with Gasteiger partial charge < -0.3 is 18.5 Å². The van der Waals surface area contributed by atoms with Crippen molar-refractivity contribution >= 4 is 28.8 Å². The monoisotopic (exact) mass is 359 g/mol. The molecule has 25 heavy (non-hydrogen) atoms. The van der Waals surface area contributed by atoms with Crippen LogP contribution in [0, 0.1) is 6.92 Å². The molecular weight excluding hydrogens is 342 g/mol. The Bertz CT molecular complexity index is 898. The number of nitrogens with zero attached hydrogens (tertiary/aromatic N) is 3. The van der Waals surface area contributed by atoms with Gasteiger partial charge in [-0.15, -0.1) is 0 Å². The number of hydrogen-bond acceptors (Lipinski definition) is 7. The van der Waals surface area contributed by atoms with Gasteiger partial charge in [0.15, 0.2) is 11.3 Å². The maximum atomic E-state index is 12.3. The van der Waals surface area contributed by atoms with Gasteiger partial charge in [-0.1, -0.05) is 17.8 Å². The Morgan fingerprint density at radius 3 is 2.96 bits per heavy atom. The van der Waals surface area contributed by atoms with Crippen molar-refractivity contribution in [1.29, 1.82) is 0 Å². The van der Waals surface area contributed by atoms with Crippen LogP contribution in [0.4, 0.5) is 0 Å². The van der Waals surface area contributed by atoms with Crippen molar-refractivity contribution in [2.75, 3.05) is 26.3 Å². The quantitative estimate of drug-likeness (QED) is 0.663. The van der Waals surface area contributed by atoms with Crippen molar-refractivity contribution in [3.05, 3.63) is 41.6 Å². The number of morpholine rings is 1. The molecule has 0 aliphatic carbocycles. The number of ether oxygens (including phenoxy) is 1. The number of hydrogen-bond donors (Lipinski definition) is 0. The van der Waals surface area contributed by atoms with Gasteiger partial charge in [-0.2, -0.15) is 0 Å². The van der Waals surface area contributed by atoms with Gasteiger partial charge in [-0.05, 0) is 24.6 Å². The smallest absolute Gasteiger partial charge is 0.275 e. The zero-order chi connectivity index (χ0) is 17.2. The summed E-state index contributed by atoms with van der Waals surface area (Å²) in [6.45, 7) is 4.30. The normalized spacial score (nSPS) is 15.0. The number of oxazole rings is 2. The molecule has 1 amide bonds. The molecule has 0 saturated carbocycles. The maximum Gasteiger partial charge on any atom is 0.275 e. The van der Waals surface area contributed by atoms with Crippen molar-refractivity contribution in [2.24, 2.45) is 0 Å². The zero-order valence-electron chi connectivity index (χ0n) is 13.7. The predicted molar refractivity (Wildman–Crippen MR) is 91.5 cm³/mol. The first kappa shape index (κ1) is 16.2. The first-order chi connectivity index (χ1) is 12.2. The molecule has 4 rings (SSSR count). The van der Waals surface area contributed by atoms with Gasteiger partial charge in [0.2, 0.25) is 5.89 Å². The van der Waals surface area contributed by atoms with Gasteiger partial charge in [0.1, 0.15) is 11.8 Å². The third kappa shape index (κ3) is 3.54. The van der Waals surface area contributed by atoms with E-state index in [-0.39, 0.29) is 5.91 Å². The van der Waals surface area contributed by atoms with Crippen LogP contribution in [0.2, 0.25) is 0 Å². The average molecular weight is 359 g/mol. The molecule has 0 spiro atoms. The summed E-state index contributed by atoms with van der Waals surface area (Å²) >= 11 is 1.39. The largest absolute Gasteiger partial charge is 0.447 e. The standard InChI is InChI=1S/C17H17N3O4S/c1-11-2-3-14-12(8-11)19-17(24-14)25-10-15-18-13(9-23-15)16(21)20-4-6-22-7-5-20/h2-3,8-9H,4-7,10H2,1H3. The lowest BCUT2D eigenvalue weighted by atomic mass is 10.2. The highest BCUT2D eigenvalue weighted by atomic mass is 32.2. The van der Waals surface area contributed by atoms with Crippen molar-refractivity contribution < 1.29 is 18.4 Å². The molecule has 1 fully saturated rings. The number of fused-ring (bicyclic) bond motifs is 1. The van der Waals surface area contributed by atoms with Crippen LogP contribution in [0.25, 0.3) is 11.1 Å². The first-order valence-corrected chi connectivity index (χ1v) is 8.99. The average Bonchev–Trinajstić information content (AvgIpc) is 3.26. The molecule has 1 saturated heterocycles. The first-order valence-electron chi connectivity index (χ1n) is 8.00. The van der Waals surface area contributed by atoms with Crippen LogP contribution < -0.4 is 0 Å². The summed E-state index contributed by atoms with van der Waals surface area (Å²) in [5.41, 5.74) is 3.05. The molecule has 130 valence electrons. The Morgan fingerprint density at radius 2 is 2.12 bits per heavy atom. The fraction of sp³-hybridized carbons (Fsp3) is 0.353. The van der Waals surface area contributed by atoms with E-state index in [2.05, 4.69) is 9.97 Å². The molecule has 8 heteroatoms. The van der Waals surface area contributed by atoms with E-state index in [4.69, 9.17) is 13.6 Å². The fourth-order valence-electron chi connectivity index (χ4n) is 2.61. The highest BCUT2D eigenvalue weighted by Crippen LogP contribution is 2.26. The van der Waals surface area contributed by atoms with Gasteiger partial charge in [-0.3, -0.25) is 4.79 Å². The van der Waals surface area contributed by atoms with Crippen LogP contribution >= 0.6 is 11.8 Å². The lowest BCUT2D eigenvalue weighted by molar-refractivity contribution is 0.0299. The van der Waals surface area contributed by atoms with Gasteiger partial charge in [0, 0.05) is 13.1 Å². The lowest BCUT2D eigenvalue weighted by Crippen LogP contribution is -2.40. The van der Waals surface area contributed by atoms with Gasteiger partial charge >= 0.3 is 0 Å². The molecule has 1 aromatic carbocycles. The van der Waals surface area contributed by atoms with Crippen molar-refractivity contribution in [3.8, 4) is 0 Å². The van der Waals surface area contributed by atoms with E-state index in [0.29, 0.717) is 48.9 Å². The summed E-state index contributed by atoms with van der Waals surface area (Å²) in [7, 11) is 0. The Kier molecular flexibility index (Phi) is 4.46. The van der Waals surface area contributed by atoms with Crippen LogP contribution in [0.15, 0.2) is 38.5 Å². The van der Waals surface area contributed by atoms with E-state index in [9.17, 15) is 4.79 Å². The third-order valence-electron chi connectivity index (χ3n) is 3.91. The molecule has 0 bridgehead atoms. The van der Waals surface area contributed by atoms with Crippen LogP contribution in [0.1, 0.15) is 21.9 Å². The van der Waals surface area contributed by atoms with E-state index >= 15 is 0 Å². The van der Waals surface area contributed by atoms with Gasteiger partial charge in [-0.25, -0.2) is 9.97 Å². The molecule has 3 aromatic rings. The topological polar surface area (TPSA) is 81.6 Å². The molecule has 0 atom stereocenters.